The first kappa shape index (κ1) is 18.1. The van der Waals surface area contributed by atoms with Gasteiger partial charge in [0.1, 0.15) is 6.04 Å². The number of rotatable bonds is 6. The molecule has 0 aliphatic heterocycles. The summed E-state index contributed by atoms with van der Waals surface area (Å²) in [5, 5.41) is 0. The maximum absolute atomic E-state index is 11.2. The summed E-state index contributed by atoms with van der Waals surface area (Å²) in [5.41, 5.74) is 5.51. The van der Waals surface area contributed by atoms with Gasteiger partial charge in [0, 0.05) is 6.42 Å². The van der Waals surface area contributed by atoms with Crippen LogP contribution in [0.25, 0.3) is 0 Å². The molecule has 0 rings (SSSR count). The van der Waals surface area contributed by atoms with Crippen molar-refractivity contribution in [2.75, 3.05) is 12.0 Å². The Hall–Kier alpha value is 0.710. The first-order chi connectivity index (χ1) is 6.61. The molecular formula is C9H19CaNO3S. The molecule has 6 heteroatoms. The van der Waals surface area contributed by atoms with E-state index in [0.717, 1.165) is 5.75 Å². The van der Waals surface area contributed by atoms with Crippen molar-refractivity contribution in [3.8, 4) is 0 Å². The van der Waals surface area contributed by atoms with Gasteiger partial charge in [0.05, 0.1) is 0 Å². The number of hydrogen-bond acceptors (Lipinski definition) is 5. The molecule has 0 aromatic rings. The maximum Gasteiger partial charge on any atom is 2.00 e. The normalized spacial score (nSPS) is 11.4. The summed E-state index contributed by atoms with van der Waals surface area (Å²) in [6.07, 6.45) is 3.41. The van der Waals surface area contributed by atoms with E-state index in [4.69, 9.17) is 5.73 Å². The zero-order valence-electron chi connectivity index (χ0n) is 11.3. The number of hydrogen-bond donors (Lipinski definition) is 1. The van der Waals surface area contributed by atoms with Crippen molar-refractivity contribution in [2.45, 2.75) is 32.2 Å². The minimum Gasteiger partial charge on any atom is -1.00 e. The van der Waals surface area contributed by atoms with Crippen LogP contribution in [0.3, 0.4) is 0 Å². The molecule has 0 unspecified atom stereocenters. The van der Waals surface area contributed by atoms with Crippen molar-refractivity contribution in [1.29, 1.82) is 0 Å². The Labute approximate surface area is 128 Å². The Morgan fingerprint density at radius 1 is 1.53 bits per heavy atom. The van der Waals surface area contributed by atoms with Crippen LogP contribution in [-0.2, 0) is 14.3 Å². The molecule has 0 radical (unpaired) electrons. The van der Waals surface area contributed by atoms with Gasteiger partial charge >= 0.3 is 49.7 Å². The number of esters is 2. The molecule has 2 N–H and O–H groups in total. The van der Waals surface area contributed by atoms with Crippen LogP contribution < -0.4 is 5.73 Å². The molecule has 0 aromatic heterocycles. The second kappa shape index (κ2) is 11.2. The number of ether oxygens (including phenoxy) is 1. The van der Waals surface area contributed by atoms with E-state index in [1.807, 2.05) is 13.2 Å². The van der Waals surface area contributed by atoms with E-state index in [9.17, 15) is 9.59 Å². The topological polar surface area (TPSA) is 69.4 Å². The fourth-order valence-corrected chi connectivity index (χ4v) is 1.30. The molecule has 0 aliphatic rings. The molecule has 0 spiro atoms. The third-order valence-electron chi connectivity index (χ3n) is 1.60. The minimum absolute atomic E-state index is 0. The van der Waals surface area contributed by atoms with Crippen molar-refractivity contribution in [1.82, 2.24) is 0 Å². The molecule has 0 saturated heterocycles. The summed E-state index contributed by atoms with van der Waals surface area (Å²) in [6, 6.07) is -0.678. The molecule has 0 bridgehead atoms. The number of carbonyl (C=O) groups excluding carboxylic acids is 2. The zero-order valence-corrected chi connectivity index (χ0v) is 12.3. The smallest absolute Gasteiger partial charge is 1.00 e. The summed E-state index contributed by atoms with van der Waals surface area (Å²) < 4.78 is 4.54. The van der Waals surface area contributed by atoms with Gasteiger partial charge in [-0.15, -0.1) is 0 Å². The van der Waals surface area contributed by atoms with Gasteiger partial charge in [-0.05, 0) is 24.9 Å². The monoisotopic (exact) mass is 261 g/mol. The van der Waals surface area contributed by atoms with Crippen LogP contribution in [-0.4, -0.2) is 67.7 Å². The van der Waals surface area contributed by atoms with Crippen molar-refractivity contribution in [3.63, 3.8) is 0 Å². The van der Waals surface area contributed by atoms with Gasteiger partial charge in [0.25, 0.3) is 0 Å². The quantitative estimate of drug-likeness (QED) is 0.435. The fourth-order valence-electron chi connectivity index (χ4n) is 0.806. The van der Waals surface area contributed by atoms with Crippen LogP contribution in [0.4, 0.5) is 0 Å². The van der Waals surface area contributed by atoms with E-state index in [1.54, 1.807) is 11.8 Å². The molecule has 86 valence electrons. The van der Waals surface area contributed by atoms with Crippen molar-refractivity contribution < 1.29 is 17.2 Å². The Balaban J connectivity index is -0.000000282. The SMILES string of the molecule is CCCC(=O)OC(=O)[C@@H](N)CCSC.[Ca+2].[H-].[H-]. The molecule has 4 nitrogen and oxygen atoms in total. The van der Waals surface area contributed by atoms with E-state index in [-0.39, 0.29) is 47.0 Å². The van der Waals surface area contributed by atoms with Crippen molar-refractivity contribution in [2.24, 2.45) is 5.73 Å². The molecule has 1 atom stereocenters. The van der Waals surface area contributed by atoms with E-state index in [0.29, 0.717) is 12.8 Å². The summed E-state index contributed by atoms with van der Waals surface area (Å²) >= 11 is 1.60. The summed E-state index contributed by atoms with van der Waals surface area (Å²) in [4.78, 5) is 22.1. The van der Waals surface area contributed by atoms with Gasteiger partial charge in [-0.1, -0.05) is 6.92 Å². The van der Waals surface area contributed by atoms with Gasteiger partial charge in [-0.3, -0.25) is 4.79 Å². The van der Waals surface area contributed by atoms with Crippen LogP contribution in [0, 0.1) is 0 Å². The van der Waals surface area contributed by atoms with Crippen molar-refractivity contribution >= 4 is 61.4 Å². The third-order valence-corrected chi connectivity index (χ3v) is 2.25. The van der Waals surface area contributed by atoms with Crippen molar-refractivity contribution in [3.05, 3.63) is 0 Å². The first-order valence-electron chi connectivity index (χ1n) is 4.60. The summed E-state index contributed by atoms with van der Waals surface area (Å²) in [6.45, 7) is 1.85. The fraction of sp³-hybridized carbons (Fsp3) is 0.778. The Morgan fingerprint density at radius 2 is 2.13 bits per heavy atom. The van der Waals surface area contributed by atoms with E-state index in [1.165, 1.54) is 0 Å². The van der Waals surface area contributed by atoms with Gasteiger partial charge in [-0.2, -0.15) is 11.8 Å². The molecule has 15 heavy (non-hydrogen) atoms. The van der Waals surface area contributed by atoms with Crippen LogP contribution >= 0.6 is 11.8 Å². The average Bonchev–Trinajstić information content (AvgIpc) is 2.14. The molecule has 0 heterocycles. The molecule has 0 fully saturated rings. The first-order valence-corrected chi connectivity index (χ1v) is 6.00. The standard InChI is InChI=1S/C9H17NO3S.Ca.2H/c1-3-4-8(11)13-9(12)7(10)5-6-14-2;;;/h7H,3-6,10H2,1-2H3;;;/q;+2;2*-1/t7-;;;/m0.../s1. The van der Waals surface area contributed by atoms with E-state index < -0.39 is 18.0 Å². The molecule has 0 saturated carbocycles. The van der Waals surface area contributed by atoms with Crippen LogP contribution in [0.2, 0.25) is 0 Å². The zero-order chi connectivity index (χ0) is 11.0. The van der Waals surface area contributed by atoms with Gasteiger partial charge < -0.3 is 13.3 Å². The number of carbonyl (C=O) groups is 2. The average molecular weight is 261 g/mol. The Kier molecular flexibility index (Phi) is 13.5. The van der Waals surface area contributed by atoms with Gasteiger partial charge in [-0.25, -0.2) is 4.79 Å². The maximum atomic E-state index is 11.2. The predicted octanol–water partition coefficient (Wildman–Crippen LogP) is 0.781. The minimum atomic E-state index is -0.678. The molecule has 0 amide bonds. The van der Waals surface area contributed by atoms with Gasteiger partial charge in [0.15, 0.2) is 0 Å². The second-order valence-corrected chi connectivity index (χ2v) is 3.92. The van der Waals surface area contributed by atoms with Gasteiger partial charge in [0.2, 0.25) is 0 Å². The molecule has 0 aromatic carbocycles. The van der Waals surface area contributed by atoms with E-state index >= 15 is 0 Å². The summed E-state index contributed by atoms with van der Waals surface area (Å²) in [7, 11) is 0. The summed E-state index contributed by atoms with van der Waals surface area (Å²) in [5.74, 6) is -0.312. The second-order valence-electron chi connectivity index (χ2n) is 2.93. The largest absolute Gasteiger partial charge is 2.00 e. The number of thioether (sulfide) groups is 1. The van der Waals surface area contributed by atoms with E-state index in [2.05, 4.69) is 4.74 Å². The predicted molar refractivity (Wildman–Crippen MR) is 65.0 cm³/mol. The Morgan fingerprint density at radius 3 is 2.60 bits per heavy atom. The third kappa shape index (κ3) is 9.63. The van der Waals surface area contributed by atoms with Crippen LogP contribution in [0.15, 0.2) is 0 Å². The molecular weight excluding hydrogens is 242 g/mol. The number of nitrogens with two attached hydrogens (primary N) is 1. The van der Waals surface area contributed by atoms with Crippen LogP contribution in [0.1, 0.15) is 29.0 Å². The van der Waals surface area contributed by atoms with Crippen LogP contribution in [0.5, 0.6) is 0 Å². The Bertz CT molecular complexity index is 211. The molecule has 0 aliphatic carbocycles.